The van der Waals surface area contributed by atoms with Gasteiger partial charge >= 0.3 is 5.97 Å². The summed E-state index contributed by atoms with van der Waals surface area (Å²) in [4.78, 5) is 24.0. The Morgan fingerprint density at radius 2 is 1.88 bits per heavy atom. The summed E-state index contributed by atoms with van der Waals surface area (Å²) < 4.78 is 5.13. The molecule has 1 atom stereocenters. The second-order valence-corrected chi connectivity index (χ2v) is 5.52. The molecule has 0 bridgehead atoms. The minimum Gasteiger partial charge on any atom is -0.452 e. The van der Waals surface area contributed by atoms with E-state index in [2.05, 4.69) is 5.32 Å². The summed E-state index contributed by atoms with van der Waals surface area (Å²) in [6.07, 6.45) is -0.930. The zero-order valence-corrected chi connectivity index (χ0v) is 13.7. The number of hydrogen-bond donors (Lipinski definition) is 1. The summed E-state index contributed by atoms with van der Waals surface area (Å²) in [7, 11) is 0. The zero-order chi connectivity index (χ0) is 17.5. The van der Waals surface area contributed by atoms with Gasteiger partial charge in [-0.1, -0.05) is 35.9 Å². The smallest absolute Gasteiger partial charge is 0.311 e. The van der Waals surface area contributed by atoms with Crippen LogP contribution in [0.25, 0.3) is 0 Å². The molecule has 0 aliphatic carbocycles. The summed E-state index contributed by atoms with van der Waals surface area (Å²) in [5.41, 5.74) is 1.46. The molecule has 0 aliphatic heterocycles. The van der Waals surface area contributed by atoms with Gasteiger partial charge in [-0.2, -0.15) is 5.26 Å². The zero-order valence-electron chi connectivity index (χ0n) is 13.0. The van der Waals surface area contributed by atoms with Gasteiger partial charge in [0.25, 0.3) is 5.91 Å². The fourth-order valence-electron chi connectivity index (χ4n) is 1.99. The number of ether oxygens (including phenoxy) is 1. The second kappa shape index (κ2) is 8.14. The molecule has 0 saturated carbocycles. The van der Waals surface area contributed by atoms with Gasteiger partial charge < -0.3 is 10.1 Å². The van der Waals surface area contributed by atoms with Crippen LogP contribution in [0.2, 0.25) is 5.02 Å². The number of nitriles is 1. The lowest BCUT2D eigenvalue weighted by molar-refractivity contribution is -0.152. The summed E-state index contributed by atoms with van der Waals surface area (Å²) in [6.45, 7) is 1.48. The van der Waals surface area contributed by atoms with Gasteiger partial charge in [-0.25, -0.2) is 0 Å². The first-order valence-corrected chi connectivity index (χ1v) is 7.61. The van der Waals surface area contributed by atoms with E-state index < -0.39 is 18.0 Å². The number of nitrogens with one attached hydrogen (secondary N) is 1. The molecule has 5 nitrogen and oxygen atoms in total. The number of anilines is 1. The molecule has 1 amide bonds. The lowest BCUT2D eigenvalue weighted by atomic mass is 10.1. The molecule has 0 radical (unpaired) electrons. The molecule has 0 aliphatic rings. The van der Waals surface area contributed by atoms with Crippen LogP contribution in [0.1, 0.15) is 18.1 Å². The molecule has 0 unspecified atom stereocenters. The van der Waals surface area contributed by atoms with E-state index in [4.69, 9.17) is 21.6 Å². The molecule has 122 valence electrons. The number of para-hydroxylation sites is 1. The normalized spacial score (nSPS) is 11.2. The Hall–Kier alpha value is -2.84. The standard InChI is InChI=1S/C18H15ClN2O3/c1-12(18(23)21-16-5-3-2-4-14(16)11-20)24-17(22)10-13-6-8-15(19)9-7-13/h2-9,12H,10H2,1H3,(H,21,23)/t12-/m0/s1. The van der Waals surface area contributed by atoms with Crippen molar-refractivity contribution in [3.8, 4) is 6.07 Å². The van der Waals surface area contributed by atoms with E-state index in [0.29, 0.717) is 16.3 Å². The molecular formula is C18H15ClN2O3. The van der Waals surface area contributed by atoms with Gasteiger partial charge in [-0.15, -0.1) is 0 Å². The highest BCUT2D eigenvalue weighted by Crippen LogP contribution is 2.15. The van der Waals surface area contributed by atoms with Crippen LogP contribution in [-0.4, -0.2) is 18.0 Å². The minimum atomic E-state index is -0.975. The molecule has 2 aromatic carbocycles. The van der Waals surface area contributed by atoms with Crippen molar-refractivity contribution in [2.75, 3.05) is 5.32 Å². The lowest BCUT2D eigenvalue weighted by Gasteiger charge is -2.14. The van der Waals surface area contributed by atoms with Gasteiger partial charge in [0.1, 0.15) is 6.07 Å². The predicted molar refractivity (Wildman–Crippen MR) is 90.5 cm³/mol. The van der Waals surface area contributed by atoms with Crippen LogP contribution in [0.3, 0.4) is 0 Å². The summed E-state index contributed by atoms with van der Waals surface area (Å²) in [5, 5.41) is 12.2. The lowest BCUT2D eigenvalue weighted by Crippen LogP contribution is -2.30. The number of carbonyl (C=O) groups excluding carboxylic acids is 2. The molecular weight excluding hydrogens is 328 g/mol. The van der Waals surface area contributed by atoms with E-state index in [1.165, 1.54) is 6.92 Å². The van der Waals surface area contributed by atoms with Crippen molar-refractivity contribution in [3.63, 3.8) is 0 Å². The number of amides is 1. The van der Waals surface area contributed by atoms with Crippen LogP contribution in [0.5, 0.6) is 0 Å². The largest absolute Gasteiger partial charge is 0.452 e. The van der Waals surface area contributed by atoms with Crippen molar-refractivity contribution in [2.45, 2.75) is 19.4 Å². The van der Waals surface area contributed by atoms with Gasteiger partial charge in [-0.3, -0.25) is 9.59 Å². The molecule has 0 heterocycles. The fourth-order valence-corrected chi connectivity index (χ4v) is 2.11. The summed E-state index contributed by atoms with van der Waals surface area (Å²) in [5.74, 6) is -1.02. The topological polar surface area (TPSA) is 79.2 Å². The van der Waals surface area contributed by atoms with Crippen LogP contribution in [0.15, 0.2) is 48.5 Å². The maximum Gasteiger partial charge on any atom is 0.311 e. The third-order valence-electron chi connectivity index (χ3n) is 3.24. The van der Waals surface area contributed by atoms with E-state index in [0.717, 1.165) is 5.56 Å². The summed E-state index contributed by atoms with van der Waals surface area (Å²) >= 11 is 5.78. The van der Waals surface area contributed by atoms with Gasteiger partial charge in [-0.05, 0) is 36.8 Å². The van der Waals surface area contributed by atoms with Gasteiger partial charge in [0, 0.05) is 5.02 Å². The molecule has 0 saturated heterocycles. The van der Waals surface area contributed by atoms with Crippen molar-refractivity contribution >= 4 is 29.2 Å². The Kier molecular flexibility index (Phi) is 5.94. The van der Waals surface area contributed by atoms with E-state index in [1.54, 1.807) is 48.5 Å². The first-order valence-electron chi connectivity index (χ1n) is 7.23. The fraction of sp³-hybridized carbons (Fsp3) is 0.167. The monoisotopic (exact) mass is 342 g/mol. The Morgan fingerprint density at radius 3 is 2.54 bits per heavy atom. The van der Waals surface area contributed by atoms with E-state index >= 15 is 0 Å². The minimum absolute atomic E-state index is 0.0452. The highest BCUT2D eigenvalue weighted by molar-refractivity contribution is 6.30. The van der Waals surface area contributed by atoms with Crippen LogP contribution in [0.4, 0.5) is 5.69 Å². The van der Waals surface area contributed by atoms with E-state index in [1.807, 2.05) is 6.07 Å². The number of carbonyl (C=O) groups is 2. The van der Waals surface area contributed by atoms with Crippen LogP contribution in [-0.2, 0) is 20.7 Å². The number of nitrogens with zero attached hydrogens (tertiary/aromatic N) is 1. The average Bonchev–Trinajstić information content (AvgIpc) is 2.57. The molecule has 24 heavy (non-hydrogen) atoms. The first-order chi connectivity index (χ1) is 11.5. The Morgan fingerprint density at radius 1 is 1.21 bits per heavy atom. The van der Waals surface area contributed by atoms with Crippen molar-refractivity contribution < 1.29 is 14.3 Å². The number of esters is 1. The predicted octanol–water partition coefficient (Wildman–Crippen LogP) is 3.32. The van der Waals surface area contributed by atoms with E-state index in [-0.39, 0.29) is 6.42 Å². The number of rotatable bonds is 5. The molecule has 0 aromatic heterocycles. The highest BCUT2D eigenvalue weighted by atomic mass is 35.5. The molecule has 2 aromatic rings. The van der Waals surface area contributed by atoms with Crippen molar-refractivity contribution in [2.24, 2.45) is 0 Å². The molecule has 2 rings (SSSR count). The molecule has 6 heteroatoms. The Labute approximate surface area is 144 Å². The maximum absolute atomic E-state index is 12.1. The SMILES string of the molecule is C[C@H](OC(=O)Cc1ccc(Cl)cc1)C(=O)Nc1ccccc1C#N. The number of benzene rings is 2. The quantitative estimate of drug-likeness (QED) is 0.845. The average molecular weight is 343 g/mol. The maximum atomic E-state index is 12.1. The van der Waals surface area contributed by atoms with Crippen LogP contribution < -0.4 is 5.32 Å². The van der Waals surface area contributed by atoms with E-state index in [9.17, 15) is 9.59 Å². The third-order valence-corrected chi connectivity index (χ3v) is 3.50. The van der Waals surface area contributed by atoms with Gasteiger partial charge in [0.2, 0.25) is 0 Å². The van der Waals surface area contributed by atoms with Gasteiger partial charge in [0.05, 0.1) is 17.7 Å². The van der Waals surface area contributed by atoms with Gasteiger partial charge in [0.15, 0.2) is 6.10 Å². The molecule has 0 spiro atoms. The second-order valence-electron chi connectivity index (χ2n) is 5.08. The molecule has 1 N–H and O–H groups in total. The highest BCUT2D eigenvalue weighted by Gasteiger charge is 2.19. The Bertz CT molecular complexity index is 782. The number of halogens is 1. The van der Waals surface area contributed by atoms with Crippen molar-refractivity contribution in [3.05, 3.63) is 64.7 Å². The molecule has 0 fully saturated rings. The number of hydrogen-bond acceptors (Lipinski definition) is 4. The van der Waals surface area contributed by atoms with Crippen LogP contribution in [0, 0.1) is 11.3 Å². The Balaban J connectivity index is 1.92. The first kappa shape index (κ1) is 17.5. The third kappa shape index (κ3) is 4.83. The summed E-state index contributed by atoms with van der Waals surface area (Å²) in [6, 6.07) is 15.4. The van der Waals surface area contributed by atoms with Crippen LogP contribution >= 0.6 is 11.6 Å². The van der Waals surface area contributed by atoms with Crippen molar-refractivity contribution in [1.82, 2.24) is 0 Å². The van der Waals surface area contributed by atoms with Crippen molar-refractivity contribution in [1.29, 1.82) is 5.26 Å².